The fraction of sp³-hybridized carbons (Fsp3) is 0.333. The molecule has 1 aromatic carbocycles. The molecule has 0 bridgehead atoms. The van der Waals surface area contributed by atoms with Crippen molar-refractivity contribution in [2.75, 3.05) is 17.6 Å². The van der Waals surface area contributed by atoms with Crippen LogP contribution in [-0.2, 0) is 6.61 Å². The number of thioether (sulfide) groups is 1. The monoisotopic (exact) mass is 181 g/mol. The zero-order valence-corrected chi connectivity index (χ0v) is 7.53. The molecule has 0 aromatic heterocycles. The summed E-state index contributed by atoms with van der Waals surface area (Å²) in [5, 5.41) is 12.3. The standard InChI is InChI=1S/C9H11NOS/c11-6-7-2-1-3-8-9(7)10-4-5-12-8/h1-3,10-11H,4-6H2. The minimum atomic E-state index is 0.122. The lowest BCUT2D eigenvalue weighted by molar-refractivity contribution is 0.282. The molecule has 12 heavy (non-hydrogen) atoms. The molecule has 2 nitrogen and oxygen atoms in total. The summed E-state index contributed by atoms with van der Waals surface area (Å²) in [6.07, 6.45) is 0. The Morgan fingerprint density at radius 3 is 3.25 bits per heavy atom. The SMILES string of the molecule is OCc1cccc2c1NCCS2. The highest BCUT2D eigenvalue weighted by molar-refractivity contribution is 7.99. The van der Waals surface area contributed by atoms with Gasteiger partial charge in [-0.15, -0.1) is 11.8 Å². The van der Waals surface area contributed by atoms with Gasteiger partial charge in [0, 0.05) is 22.8 Å². The molecule has 0 fully saturated rings. The molecule has 0 saturated carbocycles. The molecule has 1 aromatic rings. The third-order valence-corrected chi connectivity index (χ3v) is 3.00. The van der Waals surface area contributed by atoms with E-state index in [0.29, 0.717) is 0 Å². The van der Waals surface area contributed by atoms with Gasteiger partial charge in [-0.2, -0.15) is 0 Å². The molecule has 0 radical (unpaired) electrons. The Morgan fingerprint density at radius 1 is 1.50 bits per heavy atom. The Morgan fingerprint density at radius 2 is 2.42 bits per heavy atom. The van der Waals surface area contributed by atoms with E-state index >= 15 is 0 Å². The van der Waals surface area contributed by atoms with Crippen LogP contribution in [-0.4, -0.2) is 17.4 Å². The number of fused-ring (bicyclic) bond motifs is 1. The maximum atomic E-state index is 9.04. The van der Waals surface area contributed by atoms with E-state index in [2.05, 4.69) is 11.4 Å². The number of rotatable bonds is 1. The van der Waals surface area contributed by atoms with Crippen LogP contribution in [0.2, 0.25) is 0 Å². The Labute approximate surface area is 76.0 Å². The van der Waals surface area contributed by atoms with Crippen molar-refractivity contribution in [3.63, 3.8) is 0 Å². The number of hydrogen-bond donors (Lipinski definition) is 2. The Hall–Kier alpha value is -0.670. The molecule has 0 atom stereocenters. The van der Waals surface area contributed by atoms with Gasteiger partial charge in [0.05, 0.1) is 12.3 Å². The molecule has 0 unspecified atom stereocenters. The average molecular weight is 181 g/mol. The number of anilines is 1. The van der Waals surface area contributed by atoms with Crippen LogP contribution < -0.4 is 5.32 Å². The highest BCUT2D eigenvalue weighted by Gasteiger charge is 2.11. The summed E-state index contributed by atoms with van der Waals surface area (Å²) < 4.78 is 0. The summed E-state index contributed by atoms with van der Waals surface area (Å²) in [5.74, 6) is 1.11. The van der Waals surface area contributed by atoms with Crippen molar-refractivity contribution in [3.05, 3.63) is 23.8 Å². The van der Waals surface area contributed by atoms with E-state index in [0.717, 1.165) is 23.5 Å². The van der Waals surface area contributed by atoms with E-state index in [1.807, 2.05) is 23.9 Å². The maximum Gasteiger partial charge on any atom is 0.0702 e. The quantitative estimate of drug-likeness (QED) is 0.691. The van der Waals surface area contributed by atoms with E-state index < -0.39 is 0 Å². The predicted molar refractivity (Wildman–Crippen MR) is 51.6 cm³/mol. The number of hydrogen-bond acceptors (Lipinski definition) is 3. The van der Waals surface area contributed by atoms with E-state index in [1.54, 1.807) is 0 Å². The molecular weight excluding hydrogens is 170 g/mol. The first-order valence-corrected chi connectivity index (χ1v) is 5.00. The van der Waals surface area contributed by atoms with Gasteiger partial charge in [-0.1, -0.05) is 12.1 Å². The minimum absolute atomic E-state index is 0.122. The predicted octanol–water partition coefficient (Wildman–Crippen LogP) is 1.70. The lowest BCUT2D eigenvalue weighted by atomic mass is 10.2. The molecule has 2 rings (SSSR count). The van der Waals surface area contributed by atoms with Crippen molar-refractivity contribution in [2.24, 2.45) is 0 Å². The van der Waals surface area contributed by atoms with Crippen molar-refractivity contribution >= 4 is 17.4 Å². The third-order valence-electron chi connectivity index (χ3n) is 1.94. The van der Waals surface area contributed by atoms with Gasteiger partial charge >= 0.3 is 0 Å². The van der Waals surface area contributed by atoms with Crippen LogP contribution in [0.1, 0.15) is 5.56 Å². The molecule has 64 valence electrons. The Balaban J connectivity index is 2.44. The van der Waals surface area contributed by atoms with Crippen LogP contribution in [0.5, 0.6) is 0 Å². The van der Waals surface area contributed by atoms with Crippen LogP contribution in [0.4, 0.5) is 5.69 Å². The van der Waals surface area contributed by atoms with Crippen molar-refractivity contribution < 1.29 is 5.11 Å². The van der Waals surface area contributed by atoms with Crippen molar-refractivity contribution in [3.8, 4) is 0 Å². The van der Waals surface area contributed by atoms with Gasteiger partial charge in [-0.3, -0.25) is 0 Å². The van der Waals surface area contributed by atoms with Gasteiger partial charge in [0.15, 0.2) is 0 Å². The largest absolute Gasteiger partial charge is 0.392 e. The van der Waals surface area contributed by atoms with Crippen molar-refractivity contribution in [2.45, 2.75) is 11.5 Å². The van der Waals surface area contributed by atoms with Crippen LogP contribution >= 0.6 is 11.8 Å². The second-order valence-corrected chi connectivity index (χ2v) is 3.86. The average Bonchev–Trinajstić information content (AvgIpc) is 2.17. The third kappa shape index (κ3) is 1.30. The highest BCUT2D eigenvalue weighted by atomic mass is 32.2. The van der Waals surface area contributed by atoms with Crippen LogP contribution in [0.25, 0.3) is 0 Å². The molecule has 1 heterocycles. The Kier molecular flexibility index (Phi) is 2.23. The molecule has 1 aliphatic rings. The molecular formula is C9H11NOS. The van der Waals surface area contributed by atoms with Crippen LogP contribution in [0.15, 0.2) is 23.1 Å². The second-order valence-electron chi connectivity index (χ2n) is 2.72. The van der Waals surface area contributed by atoms with E-state index in [1.165, 1.54) is 4.90 Å². The Bertz CT molecular complexity index is 274. The zero-order chi connectivity index (χ0) is 8.39. The van der Waals surface area contributed by atoms with Gasteiger partial charge in [0.2, 0.25) is 0 Å². The lowest BCUT2D eigenvalue weighted by Crippen LogP contribution is -2.12. The van der Waals surface area contributed by atoms with E-state index in [-0.39, 0.29) is 6.61 Å². The topological polar surface area (TPSA) is 32.3 Å². The number of aliphatic hydroxyl groups excluding tert-OH is 1. The summed E-state index contributed by atoms with van der Waals surface area (Å²) in [6.45, 7) is 1.12. The zero-order valence-electron chi connectivity index (χ0n) is 6.71. The number of aliphatic hydroxyl groups is 1. The molecule has 1 aliphatic heterocycles. The summed E-state index contributed by atoms with van der Waals surface area (Å²) in [4.78, 5) is 1.26. The smallest absolute Gasteiger partial charge is 0.0702 e. The van der Waals surface area contributed by atoms with Gasteiger partial charge in [-0.25, -0.2) is 0 Å². The second kappa shape index (κ2) is 3.37. The molecule has 3 heteroatoms. The van der Waals surface area contributed by atoms with Crippen LogP contribution in [0, 0.1) is 0 Å². The molecule has 0 aliphatic carbocycles. The molecule has 0 amide bonds. The number of benzene rings is 1. The van der Waals surface area contributed by atoms with Gasteiger partial charge in [-0.05, 0) is 6.07 Å². The minimum Gasteiger partial charge on any atom is -0.392 e. The van der Waals surface area contributed by atoms with E-state index in [4.69, 9.17) is 5.11 Å². The molecule has 0 spiro atoms. The first kappa shape index (κ1) is 7.95. The maximum absolute atomic E-state index is 9.04. The number of nitrogens with one attached hydrogen (secondary N) is 1. The summed E-state index contributed by atoms with van der Waals surface area (Å²) in [6, 6.07) is 6.04. The van der Waals surface area contributed by atoms with Gasteiger partial charge in [0.25, 0.3) is 0 Å². The van der Waals surface area contributed by atoms with Gasteiger partial charge < -0.3 is 10.4 Å². The van der Waals surface area contributed by atoms with Crippen molar-refractivity contribution in [1.29, 1.82) is 0 Å². The first-order valence-electron chi connectivity index (χ1n) is 4.01. The van der Waals surface area contributed by atoms with Crippen LogP contribution in [0.3, 0.4) is 0 Å². The molecule has 0 saturated heterocycles. The normalized spacial score (nSPS) is 15.1. The van der Waals surface area contributed by atoms with E-state index in [9.17, 15) is 0 Å². The fourth-order valence-electron chi connectivity index (χ4n) is 1.37. The fourth-order valence-corrected chi connectivity index (χ4v) is 2.31. The highest BCUT2D eigenvalue weighted by Crippen LogP contribution is 2.33. The first-order chi connectivity index (χ1) is 5.92. The summed E-state index contributed by atoms with van der Waals surface area (Å²) >= 11 is 1.84. The summed E-state index contributed by atoms with van der Waals surface area (Å²) in [5.41, 5.74) is 2.12. The molecule has 2 N–H and O–H groups in total. The van der Waals surface area contributed by atoms with Gasteiger partial charge in [0.1, 0.15) is 0 Å². The number of para-hydroxylation sites is 1. The van der Waals surface area contributed by atoms with Crippen molar-refractivity contribution in [1.82, 2.24) is 0 Å². The summed E-state index contributed by atoms with van der Waals surface area (Å²) in [7, 11) is 0. The lowest BCUT2D eigenvalue weighted by Gasteiger charge is -2.19.